The van der Waals surface area contributed by atoms with E-state index in [-0.39, 0.29) is 0 Å². The van der Waals surface area contributed by atoms with E-state index in [9.17, 15) is 0 Å². The Morgan fingerprint density at radius 1 is 1.40 bits per heavy atom. The lowest BCUT2D eigenvalue weighted by molar-refractivity contribution is 0.484. The molecule has 1 heterocycles. The minimum absolute atomic E-state index is 0.489. The first-order chi connectivity index (χ1) is 7.27. The summed E-state index contributed by atoms with van der Waals surface area (Å²) < 4.78 is 1.22. The highest BCUT2D eigenvalue weighted by atomic mass is 79.9. The summed E-state index contributed by atoms with van der Waals surface area (Å²) in [5, 5.41) is 3.69. The van der Waals surface area contributed by atoms with Crippen molar-refractivity contribution in [3.8, 4) is 0 Å². The van der Waals surface area contributed by atoms with E-state index < -0.39 is 0 Å². The van der Waals surface area contributed by atoms with E-state index >= 15 is 0 Å². The Bertz CT molecular complexity index is 329. The average Bonchev–Trinajstić information content (AvgIpc) is 2.43. The molecule has 3 heteroatoms. The van der Waals surface area contributed by atoms with Crippen molar-refractivity contribution >= 4 is 27.7 Å². The molecule has 1 aliphatic rings. The van der Waals surface area contributed by atoms with E-state index in [1.165, 1.54) is 28.0 Å². The smallest absolute Gasteiger partial charge is 0.0425 e. The van der Waals surface area contributed by atoms with Gasteiger partial charge in [0.25, 0.3) is 0 Å². The van der Waals surface area contributed by atoms with Gasteiger partial charge in [-0.15, -0.1) is 0 Å². The van der Waals surface area contributed by atoms with Crippen LogP contribution in [0.3, 0.4) is 0 Å². The van der Waals surface area contributed by atoms with Crippen LogP contribution < -0.4 is 5.32 Å². The van der Waals surface area contributed by atoms with Crippen LogP contribution in [-0.4, -0.2) is 17.5 Å². The van der Waals surface area contributed by atoms with Gasteiger partial charge < -0.3 is 5.32 Å². The van der Waals surface area contributed by atoms with Crippen LogP contribution in [0.15, 0.2) is 28.7 Å². The van der Waals surface area contributed by atoms with E-state index in [1.54, 1.807) is 0 Å². The first kappa shape index (κ1) is 11.5. The van der Waals surface area contributed by atoms with Gasteiger partial charge in [0.15, 0.2) is 0 Å². The summed E-state index contributed by atoms with van der Waals surface area (Å²) in [5.74, 6) is 2.45. The van der Waals surface area contributed by atoms with Crippen LogP contribution in [0.5, 0.6) is 0 Å². The largest absolute Gasteiger partial charge is 0.307 e. The van der Waals surface area contributed by atoms with Gasteiger partial charge in [-0.25, -0.2) is 0 Å². The van der Waals surface area contributed by atoms with Crippen LogP contribution >= 0.6 is 27.7 Å². The Morgan fingerprint density at radius 3 is 3.00 bits per heavy atom. The highest BCUT2D eigenvalue weighted by Crippen LogP contribution is 2.28. The maximum absolute atomic E-state index is 3.69. The normalized spacial score (nSPS) is 27.3. The van der Waals surface area contributed by atoms with Gasteiger partial charge >= 0.3 is 0 Å². The fraction of sp³-hybridized carbons (Fsp3) is 0.500. The molecule has 1 aliphatic heterocycles. The van der Waals surface area contributed by atoms with Gasteiger partial charge in [-0.2, -0.15) is 11.8 Å². The summed E-state index contributed by atoms with van der Waals surface area (Å²) in [6.07, 6.45) is 1.27. The van der Waals surface area contributed by atoms with E-state index in [2.05, 4.69) is 52.4 Å². The summed E-state index contributed by atoms with van der Waals surface area (Å²) in [6.45, 7) is 2.27. The third-order valence-corrected chi connectivity index (χ3v) is 4.56. The second-order valence-corrected chi connectivity index (χ2v) is 6.01. The third-order valence-electron chi connectivity index (χ3n) is 2.75. The van der Waals surface area contributed by atoms with Crippen molar-refractivity contribution in [3.05, 3.63) is 34.3 Å². The summed E-state index contributed by atoms with van der Waals surface area (Å²) >= 11 is 5.68. The molecule has 1 aromatic carbocycles. The zero-order chi connectivity index (χ0) is 10.7. The molecule has 0 amide bonds. The fourth-order valence-electron chi connectivity index (χ4n) is 1.87. The lowest BCUT2D eigenvalue weighted by Gasteiger charge is -2.20. The molecule has 0 radical (unpaired) electrons. The molecule has 82 valence electrons. The molecule has 2 rings (SSSR count). The van der Waals surface area contributed by atoms with E-state index in [1.807, 2.05) is 11.8 Å². The standard InChI is InChI=1S/C12H16BrNS/c1-9-6-7-15-8-12(14-9)10-4-2-3-5-11(10)13/h2-5,9,12,14H,6-8H2,1H3. The van der Waals surface area contributed by atoms with Crippen LogP contribution in [0.25, 0.3) is 0 Å². The summed E-state index contributed by atoms with van der Waals surface area (Å²) in [5.41, 5.74) is 1.39. The molecule has 1 nitrogen and oxygen atoms in total. The van der Waals surface area contributed by atoms with E-state index in [0.717, 1.165) is 0 Å². The molecule has 1 fully saturated rings. The molecule has 1 saturated heterocycles. The summed E-state index contributed by atoms with van der Waals surface area (Å²) in [6, 6.07) is 9.63. The molecule has 0 saturated carbocycles. The van der Waals surface area contributed by atoms with Crippen molar-refractivity contribution < 1.29 is 0 Å². The van der Waals surface area contributed by atoms with Gasteiger partial charge in [-0.3, -0.25) is 0 Å². The number of nitrogens with one attached hydrogen (secondary N) is 1. The number of hydrogen-bond donors (Lipinski definition) is 1. The fourth-order valence-corrected chi connectivity index (χ4v) is 3.63. The zero-order valence-electron chi connectivity index (χ0n) is 8.87. The minimum Gasteiger partial charge on any atom is -0.307 e. The van der Waals surface area contributed by atoms with Crippen molar-refractivity contribution in [2.24, 2.45) is 0 Å². The Labute approximate surface area is 104 Å². The third kappa shape index (κ3) is 2.99. The van der Waals surface area contributed by atoms with Crippen molar-refractivity contribution in [3.63, 3.8) is 0 Å². The second kappa shape index (κ2) is 5.37. The van der Waals surface area contributed by atoms with Gasteiger partial charge in [0, 0.05) is 22.3 Å². The average molecular weight is 286 g/mol. The molecule has 0 aromatic heterocycles. The molecule has 2 unspecified atom stereocenters. The molecule has 2 atom stereocenters. The van der Waals surface area contributed by atoms with Crippen molar-refractivity contribution in [1.29, 1.82) is 0 Å². The van der Waals surface area contributed by atoms with Crippen molar-refractivity contribution in [1.82, 2.24) is 5.32 Å². The number of benzene rings is 1. The van der Waals surface area contributed by atoms with Gasteiger partial charge in [-0.1, -0.05) is 34.1 Å². The summed E-state index contributed by atoms with van der Waals surface area (Å²) in [7, 11) is 0. The second-order valence-electron chi connectivity index (χ2n) is 4.01. The van der Waals surface area contributed by atoms with E-state index in [4.69, 9.17) is 0 Å². The molecular weight excluding hydrogens is 270 g/mol. The predicted octanol–water partition coefficient (Wildman–Crippen LogP) is 3.61. The maximum atomic E-state index is 3.69. The Hall–Kier alpha value is 0.01000. The topological polar surface area (TPSA) is 12.0 Å². The highest BCUT2D eigenvalue weighted by molar-refractivity contribution is 9.10. The first-order valence-electron chi connectivity index (χ1n) is 5.35. The SMILES string of the molecule is CC1CCSCC(c2ccccc2Br)N1. The Morgan fingerprint density at radius 2 is 2.20 bits per heavy atom. The molecule has 0 bridgehead atoms. The maximum Gasteiger partial charge on any atom is 0.0425 e. The Kier molecular flexibility index (Phi) is 4.12. The Balaban J connectivity index is 2.18. The van der Waals surface area contributed by atoms with Crippen LogP contribution in [0.2, 0.25) is 0 Å². The lowest BCUT2D eigenvalue weighted by atomic mass is 10.1. The zero-order valence-corrected chi connectivity index (χ0v) is 11.3. The van der Waals surface area contributed by atoms with Crippen LogP contribution in [0.1, 0.15) is 24.9 Å². The number of thioether (sulfide) groups is 1. The highest BCUT2D eigenvalue weighted by Gasteiger charge is 2.19. The molecule has 15 heavy (non-hydrogen) atoms. The monoisotopic (exact) mass is 285 g/mol. The van der Waals surface area contributed by atoms with Crippen LogP contribution in [0, 0.1) is 0 Å². The minimum atomic E-state index is 0.489. The predicted molar refractivity (Wildman–Crippen MR) is 71.4 cm³/mol. The number of hydrogen-bond acceptors (Lipinski definition) is 2. The van der Waals surface area contributed by atoms with E-state index in [0.29, 0.717) is 12.1 Å². The quantitative estimate of drug-likeness (QED) is 0.846. The van der Waals surface area contributed by atoms with Gasteiger partial charge in [0.05, 0.1) is 0 Å². The van der Waals surface area contributed by atoms with Crippen LogP contribution in [-0.2, 0) is 0 Å². The lowest BCUT2D eigenvalue weighted by Crippen LogP contribution is -2.30. The number of halogens is 1. The first-order valence-corrected chi connectivity index (χ1v) is 7.30. The van der Waals surface area contributed by atoms with Gasteiger partial charge in [0.1, 0.15) is 0 Å². The number of rotatable bonds is 1. The van der Waals surface area contributed by atoms with Crippen molar-refractivity contribution in [2.45, 2.75) is 25.4 Å². The van der Waals surface area contributed by atoms with Gasteiger partial charge in [0.2, 0.25) is 0 Å². The molecule has 0 spiro atoms. The molecule has 0 aliphatic carbocycles. The molecular formula is C12H16BrNS. The molecule has 1 aromatic rings. The van der Waals surface area contributed by atoms with Crippen LogP contribution in [0.4, 0.5) is 0 Å². The summed E-state index contributed by atoms with van der Waals surface area (Å²) in [4.78, 5) is 0. The van der Waals surface area contributed by atoms with Crippen molar-refractivity contribution in [2.75, 3.05) is 11.5 Å². The van der Waals surface area contributed by atoms with Gasteiger partial charge in [-0.05, 0) is 30.7 Å². The molecule has 1 N–H and O–H groups in total.